The lowest BCUT2D eigenvalue weighted by atomic mass is 9.98. The van der Waals surface area contributed by atoms with Crippen LogP contribution in [-0.4, -0.2) is 36.6 Å². The summed E-state index contributed by atoms with van der Waals surface area (Å²) < 4.78 is 4.81. The van der Waals surface area contributed by atoms with Crippen LogP contribution >= 0.6 is 0 Å². The molecule has 2 amide bonds. The normalized spacial score (nSPS) is 16.4. The zero-order valence-corrected chi connectivity index (χ0v) is 13.5. The van der Waals surface area contributed by atoms with Gasteiger partial charge in [-0.15, -0.1) is 0 Å². The van der Waals surface area contributed by atoms with Gasteiger partial charge < -0.3 is 15.0 Å². The molecule has 0 aliphatic carbocycles. The van der Waals surface area contributed by atoms with Crippen LogP contribution in [0.1, 0.15) is 31.4 Å². The van der Waals surface area contributed by atoms with E-state index in [9.17, 15) is 9.59 Å². The molecule has 22 heavy (non-hydrogen) atoms. The molecule has 0 saturated heterocycles. The number of nitrogens with one attached hydrogen (secondary N) is 1. The molecule has 120 valence electrons. The van der Waals surface area contributed by atoms with Crippen LogP contribution in [0.2, 0.25) is 0 Å². The molecular formula is C17H24N2O3. The Bertz CT molecular complexity index is 544. The van der Waals surface area contributed by atoms with Crippen molar-refractivity contribution in [1.29, 1.82) is 0 Å². The van der Waals surface area contributed by atoms with E-state index >= 15 is 0 Å². The Hall–Kier alpha value is -2.04. The summed E-state index contributed by atoms with van der Waals surface area (Å²) in [4.78, 5) is 26.1. The molecule has 1 aromatic rings. The maximum absolute atomic E-state index is 12.5. The molecule has 0 aromatic heterocycles. The molecule has 2 rings (SSSR count). The molecule has 2 atom stereocenters. The van der Waals surface area contributed by atoms with E-state index < -0.39 is 6.04 Å². The van der Waals surface area contributed by atoms with Gasteiger partial charge in [-0.25, -0.2) is 9.59 Å². The fourth-order valence-electron chi connectivity index (χ4n) is 2.69. The number of hydrogen-bond donors (Lipinski definition) is 1. The van der Waals surface area contributed by atoms with Crippen LogP contribution in [0.15, 0.2) is 24.3 Å². The number of carbonyl (C=O) groups is 2. The SMILES string of the molecule is CCC(C)[C@H](NC(=O)N1CCc2ccccc2C1)C(=O)OC. The van der Waals surface area contributed by atoms with Crippen LogP contribution in [0.5, 0.6) is 0 Å². The fourth-order valence-corrected chi connectivity index (χ4v) is 2.69. The summed E-state index contributed by atoms with van der Waals surface area (Å²) in [7, 11) is 1.35. The first kappa shape index (κ1) is 16.3. The third-order valence-electron chi connectivity index (χ3n) is 4.36. The number of esters is 1. The van der Waals surface area contributed by atoms with Gasteiger partial charge in [-0.1, -0.05) is 44.5 Å². The van der Waals surface area contributed by atoms with E-state index in [2.05, 4.69) is 11.4 Å². The van der Waals surface area contributed by atoms with Crippen LogP contribution in [0.25, 0.3) is 0 Å². The quantitative estimate of drug-likeness (QED) is 0.869. The molecule has 1 aliphatic heterocycles. The molecule has 1 unspecified atom stereocenters. The van der Waals surface area contributed by atoms with E-state index in [4.69, 9.17) is 4.74 Å². The first-order chi connectivity index (χ1) is 10.6. The standard InChI is InChI=1S/C17H24N2O3/c1-4-12(2)15(16(20)22-3)18-17(21)19-10-9-13-7-5-6-8-14(13)11-19/h5-8,12,15H,4,9-11H2,1-3H3,(H,18,21)/t12?,15-/m0/s1. The van der Waals surface area contributed by atoms with Crippen molar-refractivity contribution in [3.63, 3.8) is 0 Å². The van der Waals surface area contributed by atoms with Gasteiger partial charge in [0.1, 0.15) is 6.04 Å². The highest BCUT2D eigenvalue weighted by Gasteiger charge is 2.29. The highest BCUT2D eigenvalue weighted by molar-refractivity contribution is 5.84. The lowest BCUT2D eigenvalue weighted by molar-refractivity contribution is -0.144. The predicted octanol–water partition coefficient (Wildman–Crippen LogP) is 2.34. The largest absolute Gasteiger partial charge is 0.467 e. The minimum Gasteiger partial charge on any atom is -0.467 e. The lowest BCUT2D eigenvalue weighted by Gasteiger charge is -2.31. The third kappa shape index (κ3) is 3.59. The summed E-state index contributed by atoms with van der Waals surface area (Å²) in [5.74, 6) is -0.353. The number of ether oxygens (including phenoxy) is 1. The number of urea groups is 1. The van der Waals surface area contributed by atoms with Crippen molar-refractivity contribution in [3.05, 3.63) is 35.4 Å². The summed E-state index contributed by atoms with van der Waals surface area (Å²) >= 11 is 0. The number of fused-ring (bicyclic) bond motifs is 1. The molecule has 5 heteroatoms. The second-order valence-corrected chi connectivity index (χ2v) is 5.78. The van der Waals surface area contributed by atoms with Crippen molar-refractivity contribution >= 4 is 12.0 Å². The van der Waals surface area contributed by atoms with Gasteiger partial charge in [-0.2, -0.15) is 0 Å². The molecule has 0 fully saturated rings. The molecule has 1 aliphatic rings. The van der Waals surface area contributed by atoms with Gasteiger partial charge in [0.05, 0.1) is 7.11 Å². The van der Waals surface area contributed by atoms with E-state index in [1.165, 1.54) is 18.2 Å². The number of nitrogens with zero attached hydrogens (tertiary/aromatic N) is 1. The Morgan fingerprint density at radius 2 is 2.00 bits per heavy atom. The van der Waals surface area contributed by atoms with Gasteiger partial charge in [0.25, 0.3) is 0 Å². The van der Waals surface area contributed by atoms with E-state index in [1.54, 1.807) is 4.90 Å². The van der Waals surface area contributed by atoms with Gasteiger partial charge in [0.2, 0.25) is 0 Å². The maximum Gasteiger partial charge on any atom is 0.328 e. The molecule has 0 radical (unpaired) electrons. The number of benzene rings is 1. The van der Waals surface area contributed by atoms with Gasteiger partial charge in [0.15, 0.2) is 0 Å². The van der Waals surface area contributed by atoms with E-state index in [0.717, 1.165) is 12.8 Å². The average molecular weight is 304 g/mol. The Balaban J connectivity index is 2.04. The number of amides is 2. The highest BCUT2D eigenvalue weighted by atomic mass is 16.5. The van der Waals surface area contributed by atoms with Crippen molar-refractivity contribution in [1.82, 2.24) is 10.2 Å². The molecular weight excluding hydrogens is 280 g/mol. The Morgan fingerprint density at radius 3 is 2.64 bits per heavy atom. The minimum absolute atomic E-state index is 0.0356. The first-order valence-electron chi connectivity index (χ1n) is 7.76. The van der Waals surface area contributed by atoms with Crippen molar-refractivity contribution in [2.45, 2.75) is 39.3 Å². The maximum atomic E-state index is 12.5. The predicted molar refractivity (Wildman–Crippen MR) is 84.3 cm³/mol. The smallest absolute Gasteiger partial charge is 0.328 e. The number of methoxy groups -OCH3 is 1. The number of carbonyl (C=O) groups excluding carboxylic acids is 2. The van der Waals surface area contributed by atoms with Gasteiger partial charge in [-0.05, 0) is 23.5 Å². The van der Waals surface area contributed by atoms with Gasteiger partial charge in [-0.3, -0.25) is 0 Å². The average Bonchev–Trinajstić information content (AvgIpc) is 2.57. The lowest BCUT2D eigenvalue weighted by Crippen LogP contribution is -2.51. The topological polar surface area (TPSA) is 58.6 Å². The van der Waals surface area contributed by atoms with Crippen molar-refractivity contribution in [2.24, 2.45) is 5.92 Å². The van der Waals surface area contributed by atoms with Crippen LogP contribution in [0.3, 0.4) is 0 Å². The monoisotopic (exact) mass is 304 g/mol. The summed E-state index contributed by atoms with van der Waals surface area (Å²) in [5, 5.41) is 2.83. The van der Waals surface area contributed by atoms with E-state index in [1.807, 2.05) is 32.0 Å². The Labute approximate surface area is 131 Å². The van der Waals surface area contributed by atoms with Gasteiger partial charge >= 0.3 is 12.0 Å². The van der Waals surface area contributed by atoms with Crippen LogP contribution in [0.4, 0.5) is 4.79 Å². The summed E-state index contributed by atoms with van der Waals surface area (Å²) in [5.41, 5.74) is 2.46. The summed E-state index contributed by atoms with van der Waals surface area (Å²) in [6, 6.07) is 7.34. The second kappa shape index (κ2) is 7.29. The van der Waals surface area contributed by atoms with Crippen LogP contribution in [-0.2, 0) is 22.5 Å². The molecule has 1 aromatic carbocycles. The van der Waals surface area contributed by atoms with E-state index in [-0.39, 0.29) is 17.9 Å². The molecule has 0 spiro atoms. The number of rotatable bonds is 4. The Kier molecular flexibility index (Phi) is 5.41. The molecule has 0 bridgehead atoms. The van der Waals surface area contributed by atoms with Gasteiger partial charge in [0, 0.05) is 13.1 Å². The zero-order valence-electron chi connectivity index (χ0n) is 13.5. The minimum atomic E-state index is -0.598. The summed E-state index contributed by atoms with van der Waals surface area (Å²) in [6.45, 7) is 5.17. The Morgan fingerprint density at radius 1 is 1.32 bits per heavy atom. The van der Waals surface area contributed by atoms with E-state index in [0.29, 0.717) is 13.1 Å². The molecule has 1 N–H and O–H groups in total. The zero-order chi connectivity index (χ0) is 16.1. The molecule has 1 heterocycles. The second-order valence-electron chi connectivity index (χ2n) is 5.78. The van der Waals surface area contributed by atoms with Crippen molar-refractivity contribution in [3.8, 4) is 0 Å². The molecule has 0 saturated carbocycles. The fraction of sp³-hybridized carbons (Fsp3) is 0.529. The highest BCUT2D eigenvalue weighted by Crippen LogP contribution is 2.19. The molecule has 5 nitrogen and oxygen atoms in total. The van der Waals surface area contributed by atoms with Crippen LogP contribution < -0.4 is 5.32 Å². The first-order valence-corrected chi connectivity index (χ1v) is 7.76. The third-order valence-corrected chi connectivity index (χ3v) is 4.36. The van der Waals surface area contributed by atoms with Crippen LogP contribution in [0, 0.1) is 5.92 Å². The summed E-state index contributed by atoms with van der Waals surface area (Å²) in [6.07, 6.45) is 1.64. The van der Waals surface area contributed by atoms with Crippen molar-refractivity contribution in [2.75, 3.05) is 13.7 Å². The van der Waals surface area contributed by atoms with Crippen molar-refractivity contribution < 1.29 is 14.3 Å². The number of hydrogen-bond acceptors (Lipinski definition) is 3.